The average Bonchev–Trinajstić information content (AvgIpc) is 2.72. The van der Waals surface area contributed by atoms with E-state index in [0.717, 1.165) is 16.7 Å². The van der Waals surface area contributed by atoms with Crippen LogP contribution in [0.25, 0.3) is 0 Å². The summed E-state index contributed by atoms with van der Waals surface area (Å²) in [5.41, 5.74) is 3.12. The third kappa shape index (κ3) is 3.83. The zero-order chi connectivity index (χ0) is 20.2. The Morgan fingerprint density at radius 2 is 1.14 bits per heavy atom. The van der Waals surface area contributed by atoms with Gasteiger partial charge in [0.1, 0.15) is 0 Å². The molecule has 2 nitrogen and oxygen atoms in total. The summed E-state index contributed by atoms with van der Waals surface area (Å²) < 4.78 is 6.08. The minimum absolute atomic E-state index is 0.227. The maximum atomic E-state index is 12.5. The predicted octanol–water partition coefficient (Wildman–Crippen LogP) is 5.92. The Balaban J connectivity index is 2.28. The lowest BCUT2D eigenvalue weighted by Gasteiger charge is -2.48. The molecule has 3 aromatic rings. The Morgan fingerprint density at radius 1 is 0.714 bits per heavy atom. The molecule has 3 atom stereocenters. The van der Waals surface area contributed by atoms with Gasteiger partial charge in [-0.1, -0.05) is 111 Å². The van der Waals surface area contributed by atoms with Gasteiger partial charge in [-0.05, 0) is 16.7 Å². The van der Waals surface area contributed by atoms with Gasteiger partial charge in [0.15, 0.2) is 0 Å². The van der Waals surface area contributed by atoms with Crippen LogP contribution in [0.2, 0.25) is 19.6 Å². The summed E-state index contributed by atoms with van der Waals surface area (Å²) in [6, 6.07) is 30.6. The Kier molecular flexibility index (Phi) is 6.19. The first-order valence-corrected chi connectivity index (χ1v) is 13.3. The van der Waals surface area contributed by atoms with Crippen LogP contribution in [0, 0.1) is 0 Å². The molecule has 0 unspecified atom stereocenters. The molecular weight excluding hydrogens is 360 g/mol. The second-order valence-electron chi connectivity index (χ2n) is 8.34. The van der Waals surface area contributed by atoms with Gasteiger partial charge in [-0.25, -0.2) is 0 Å². The van der Waals surface area contributed by atoms with Crippen molar-refractivity contribution in [3.8, 4) is 0 Å². The molecule has 0 saturated heterocycles. The van der Waals surface area contributed by atoms with E-state index in [0.29, 0.717) is 0 Å². The molecule has 0 aliphatic heterocycles. The van der Waals surface area contributed by atoms with E-state index in [1.807, 2.05) is 66.7 Å². The number of hydrogen-bond acceptors (Lipinski definition) is 2. The molecule has 0 aliphatic carbocycles. The van der Waals surface area contributed by atoms with Gasteiger partial charge >= 0.3 is 0 Å². The summed E-state index contributed by atoms with van der Waals surface area (Å²) in [4.78, 5) is 0. The summed E-state index contributed by atoms with van der Waals surface area (Å²) in [5.74, 6) is -0.227. The van der Waals surface area contributed by atoms with Crippen molar-refractivity contribution < 1.29 is 9.84 Å². The lowest BCUT2D eigenvalue weighted by atomic mass is 9.81. The lowest BCUT2D eigenvalue weighted by Crippen LogP contribution is -2.55. The zero-order valence-corrected chi connectivity index (χ0v) is 18.2. The van der Waals surface area contributed by atoms with Crippen LogP contribution in [0.5, 0.6) is 0 Å². The smallest absolute Gasteiger partial charge is 0.0917 e. The molecule has 3 rings (SSSR count). The number of benzene rings is 3. The minimum atomic E-state index is -2.13. The molecule has 0 radical (unpaired) electrons. The fraction of sp³-hybridized carbons (Fsp3) is 0.280. The summed E-state index contributed by atoms with van der Waals surface area (Å²) >= 11 is 0. The Labute approximate surface area is 169 Å². The van der Waals surface area contributed by atoms with Crippen LogP contribution in [0.3, 0.4) is 0 Å². The average molecular weight is 391 g/mol. The summed E-state index contributed by atoms with van der Waals surface area (Å²) in [5, 5.41) is 11.5. The van der Waals surface area contributed by atoms with Crippen LogP contribution in [0.1, 0.15) is 28.7 Å². The van der Waals surface area contributed by atoms with Crippen LogP contribution in [0.15, 0.2) is 91.0 Å². The lowest BCUT2D eigenvalue weighted by molar-refractivity contribution is -0.0107. The van der Waals surface area contributed by atoms with E-state index in [4.69, 9.17) is 4.74 Å². The van der Waals surface area contributed by atoms with Crippen molar-refractivity contribution in [2.24, 2.45) is 0 Å². The number of rotatable bonds is 7. The number of aliphatic hydroxyl groups is 1. The van der Waals surface area contributed by atoms with Crippen LogP contribution >= 0.6 is 0 Å². The molecule has 28 heavy (non-hydrogen) atoms. The second-order valence-corrected chi connectivity index (χ2v) is 13.6. The highest BCUT2D eigenvalue weighted by atomic mass is 28.3. The summed E-state index contributed by atoms with van der Waals surface area (Å²) in [6.07, 6.45) is -0.263. The quantitative estimate of drug-likeness (QED) is 0.507. The van der Waals surface area contributed by atoms with Crippen molar-refractivity contribution in [3.05, 3.63) is 108 Å². The Morgan fingerprint density at radius 3 is 1.57 bits per heavy atom. The van der Waals surface area contributed by atoms with Gasteiger partial charge in [-0.15, -0.1) is 0 Å². The van der Waals surface area contributed by atoms with Gasteiger partial charge in [0, 0.05) is 13.0 Å². The van der Waals surface area contributed by atoms with Crippen LogP contribution in [-0.2, 0) is 9.96 Å². The normalized spacial score (nSPS) is 16.2. The van der Waals surface area contributed by atoms with Crippen molar-refractivity contribution in [2.45, 2.75) is 36.9 Å². The van der Waals surface area contributed by atoms with Crippen LogP contribution in [0.4, 0.5) is 0 Å². The maximum Gasteiger partial charge on any atom is 0.0917 e. The largest absolute Gasteiger partial charge is 0.388 e. The number of hydrogen-bond donors (Lipinski definition) is 1. The van der Waals surface area contributed by atoms with E-state index >= 15 is 0 Å². The molecule has 1 N–H and O–H groups in total. The minimum Gasteiger partial charge on any atom is -0.388 e. The first kappa shape index (κ1) is 20.5. The SMILES string of the molecule is CO[C@H](c1ccccc1)[C@H](c1ccccc1)[C@](O)(c1ccccc1)[Si](C)(C)C. The Hall–Kier alpha value is -2.20. The van der Waals surface area contributed by atoms with Crippen molar-refractivity contribution in [1.82, 2.24) is 0 Å². The second kappa shape index (κ2) is 8.44. The van der Waals surface area contributed by atoms with Crippen LogP contribution in [-0.4, -0.2) is 20.3 Å². The fourth-order valence-corrected chi connectivity index (χ4v) is 6.46. The monoisotopic (exact) mass is 390 g/mol. The Bertz CT molecular complexity index is 859. The molecule has 0 fully saturated rings. The van der Waals surface area contributed by atoms with Gasteiger partial charge in [-0.3, -0.25) is 0 Å². The number of methoxy groups -OCH3 is 1. The van der Waals surface area contributed by atoms with Crippen molar-refractivity contribution in [2.75, 3.05) is 7.11 Å². The van der Waals surface area contributed by atoms with E-state index in [1.165, 1.54) is 0 Å². The molecule has 3 heteroatoms. The van der Waals surface area contributed by atoms with Crippen molar-refractivity contribution >= 4 is 8.07 Å². The van der Waals surface area contributed by atoms with Gasteiger partial charge in [0.25, 0.3) is 0 Å². The van der Waals surface area contributed by atoms with Gasteiger partial charge in [0.05, 0.1) is 19.4 Å². The van der Waals surface area contributed by atoms with Gasteiger partial charge in [-0.2, -0.15) is 0 Å². The highest BCUT2D eigenvalue weighted by Crippen LogP contribution is 2.50. The van der Waals surface area contributed by atoms with Crippen molar-refractivity contribution in [3.63, 3.8) is 0 Å². The molecule has 0 aromatic heterocycles. The topological polar surface area (TPSA) is 29.5 Å². The highest BCUT2D eigenvalue weighted by Gasteiger charge is 2.52. The molecule has 0 bridgehead atoms. The van der Waals surface area contributed by atoms with Crippen LogP contribution < -0.4 is 0 Å². The molecule has 0 spiro atoms. The third-order valence-electron chi connectivity index (χ3n) is 5.65. The standard InChI is InChI=1S/C25H30O2Si/c1-27-24(21-16-10-6-11-17-21)23(20-14-8-5-9-15-20)25(26,28(2,3)4)22-18-12-7-13-19-22/h5-19,23-24,26H,1-4H3/t23-,24+,25-/m0/s1. The molecular formula is C25H30O2Si. The number of ether oxygens (including phenoxy) is 1. The first-order valence-electron chi connectivity index (χ1n) is 9.80. The first-order chi connectivity index (χ1) is 13.4. The van der Waals surface area contributed by atoms with E-state index in [2.05, 4.69) is 43.9 Å². The molecule has 3 aromatic carbocycles. The molecule has 0 aliphatic rings. The summed E-state index contributed by atoms with van der Waals surface area (Å²) in [6.45, 7) is 6.69. The van der Waals surface area contributed by atoms with E-state index < -0.39 is 13.3 Å². The van der Waals surface area contributed by atoms with Gasteiger partial charge in [0.2, 0.25) is 0 Å². The summed E-state index contributed by atoms with van der Waals surface area (Å²) in [7, 11) is -0.395. The predicted molar refractivity (Wildman–Crippen MR) is 119 cm³/mol. The van der Waals surface area contributed by atoms with E-state index in [-0.39, 0.29) is 12.0 Å². The van der Waals surface area contributed by atoms with E-state index in [9.17, 15) is 5.11 Å². The highest BCUT2D eigenvalue weighted by molar-refractivity contribution is 6.78. The third-order valence-corrected chi connectivity index (χ3v) is 8.54. The molecule has 146 valence electrons. The van der Waals surface area contributed by atoms with Crippen molar-refractivity contribution in [1.29, 1.82) is 0 Å². The molecule has 0 amide bonds. The fourth-order valence-electron chi connectivity index (χ4n) is 4.17. The zero-order valence-electron chi connectivity index (χ0n) is 17.2. The van der Waals surface area contributed by atoms with Gasteiger partial charge < -0.3 is 9.84 Å². The van der Waals surface area contributed by atoms with E-state index in [1.54, 1.807) is 7.11 Å². The molecule has 0 heterocycles. The molecule has 0 saturated carbocycles. The maximum absolute atomic E-state index is 12.5.